The topological polar surface area (TPSA) is 49.8 Å². The number of nitrogens with zero attached hydrogens (tertiary/aromatic N) is 2. The van der Waals surface area contributed by atoms with Crippen LogP contribution in [0.2, 0.25) is 5.02 Å². The third-order valence-electron chi connectivity index (χ3n) is 2.26. The molecule has 4 nitrogen and oxygen atoms in total. The van der Waals surface area contributed by atoms with E-state index in [1.165, 1.54) is 0 Å². The van der Waals surface area contributed by atoms with Crippen molar-refractivity contribution in [2.75, 3.05) is 17.7 Å². The lowest BCUT2D eigenvalue weighted by Gasteiger charge is -2.09. The van der Waals surface area contributed by atoms with Crippen molar-refractivity contribution in [2.45, 2.75) is 6.92 Å². The van der Waals surface area contributed by atoms with Crippen LogP contribution in [0.25, 0.3) is 0 Å². The van der Waals surface area contributed by atoms with Gasteiger partial charge >= 0.3 is 0 Å². The average molecular weight is 249 g/mol. The summed E-state index contributed by atoms with van der Waals surface area (Å²) in [6.07, 6.45) is 1.69. The first kappa shape index (κ1) is 11.7. The zero-order chi connectivity index (χ0) is 12.3. The highest BCUT2D eigenvalue weighted by Gasteiger charge is 2.02. The molecule has 5 heteroatoms. The van der Waals surface area contributed by atoms with Crippen LogP contribution in [0.15, 0.2) is 30.5 Å². The number of aryl methyl sites for hydroxylation is 1. The van der Waals surface area contributed by atoms with Crippen molar-refractivity contribution in [3.8, 4) is 0 Å². The Bertz CT molecular complexity index is 528. The van der Waals surface area contributed by atoms with Gasteiger partial charge < -0.3 is 10.6 Å². The normalized spacial score (nSPS) is 10.1. The summed E-state index contributed by atoms with van der Waals surface area (Å²) in [5.74, 6) is 1.27. The molecule has 0 fully saturated rings. The van der Waals surface area contributed by atoms with Crippen LogP contribution < -0.4 is 10.6 Å². The summed E-state index contributed by atoms with van der Waals surface area (Å²) in [6.45, 7) is 2.01. The van der Waals surface area contributed by atoms with E-state index >= 15 is 0 Å². The van der Waals surface area contributed by atoms with E-state index < -0.39 is 0 Å². The Kier molecular flexibility index (Phi) is 3.44. The lowest BCUT2D eigenvalue weighted by Crippen LogP contribution is -2.00. The predicted molar refractivity (Wildman–Crippen MR) is 71.1 cm³/mol. The lowest BCUT2D eigenvalue weighted by molar-refractivity contribution is 1.15. The molecule has 1 heterocycles. The summed E-state index contributed by atoms with van der Waals surface area (Å²) in [5, 5.41) is 6.72. The van der Waals surface area contributed by atoms with Gasteiger partial charge in [0, 0.05) is 13.2 Å². The van der Waals surface area contributed by atoms with Crippen molar-refractivity contribution in [2.24, 2.45) is 0 Å². The molecule has 1 aromatic carbocycles. The minimum atomic E-state index is 0.568. The fourth-order valence-electron chi connectivity index (χ4n) is 1.42. The zero-order valence-electron chi connectivity index (χ0n) is 9.66. The first-order valence-electron chi connectivity index (χ1n) is 5.23. The fourth-order valence-corrected chi connectivity index (χ4v) is 1.59. The molecule has 0 radical (unpaired) electrons. The number of benzene rings is 1. The Morgan fingerprint density at radius 1 is 1.24 bits per heavy atom. The Morgan fingerprint density at radius 2 is 2.06 bits per heavy atom. The average Bonchev–Trinajstić information content (AvgIpc) is 2.34. The molecule has 1 aromatic heterocycles. The van der Waals surface area contributed by atoms with Gasteiger partial charge in [-0.3, -0.25) is 0 Å². The number of aromatic nitrogens is 2. The molecule has 0 unspecified atom stereocenters. The molecule has 0 saturated heterocycles. The van der Waals surface area contributed by atoms with Crippen LogP contribution in [0.5, 0.6) is 0 Å². The van der Waals surface area contributed by atoms with Crippen LogP contribution >= 0.6 is 11.6 Å². The van der Waals surface area contributed by atoms with E-state index in [9.17, 15) is 0 Å². The first-order valence-corrected chi connectivity index (χ1v) is 5.61. The second-order valence-corrected chi connectivity index (χ2v) is 4.03. The Balaban J connectivity index is 2.27. The third kappa shape index (κ3) is 2.85. The highest BCUT2D eigenvalue weighted by Crippen LogP contribution is 2.25. The van der Waals surface area contributed by atoms with Crippen molar-refractivity contribution in [3.63, 3.8) is 0 Å². The van der Waals surface area contributed by atoms with Gasteiger partial charge in [0.05, 0.1) is 10.7 Å². The quantitative estimate of drug-likeness (QED) is 0.876. The Hall–Kier alpha value is -1.81. The largest absolute Gasteiger partial charge is 0.357 e. The lowest BCUT2D eigenvalue weighted by atomic mass is 10.2. The maximum atomic E-state index is 6.10. The maximum absolute atomic E-state index is 6.10. The number of rotatable bonds is 3. The summed E-state index contributed by atoms with van der Waals surface area (Å²) in [5.41, 5.74) is 1.98. The third-order valence-corrected chi connectivity index (χ3v) is 2.59. The van der Waals surface area contributed by atoms with Crippen molar-refractivity contribution in [1.29, 1.82) is 0 Å². The van der Waals surface area contributed by atoms with Crippen LogP contribution in [-0.2, 0) is 0 Å². The van der Waals surface area contributed by atoms with Crippen LogP contribution in [-0.4, -0.2) is 17.0 Å². The van der Waals surface area contributed by atoms with Crippen LogP contribution in [0.3, 0.4) is 0 Å². The monoisotopic (exact) mass is 248 g/mol. The number of anilines is 3. The SMILES string of the molecule is CNc1nccc(Nc2cc(C)ccc2Cl)n1. The van der Waals surface area contributed by atoms with E-state index in [2.05, 4.69) is 20.6 Å². The molecule has 0 aliphatic rings. The number of nitrogens with one attached hydrogen (secondary N) is 2. The minimum absolute atomic E-state index is 0.568. The van der Waals surface area contributed by atoms with Gasteiger partial charge in [-0.1, -0.05) is 17.7 Å². The molecule has 17 heavy (non-hydrogen) atoms. The smallest absolute Gasteiger partial charge is 0.224 e. The van der Waals surface area contributed by atoms with Gasteiger partial charge in [0.15, 0.2) is 0 Å². The van der Waals surface area contributed by atoms with Gasteiger partial charge in [-0.25, -0.2) is 4.98 Å². The summed E-state index contributed by atoms with van der Waals surface area (Å²) in [4.78, 5) is 8.31. The zero-order valence-corrected chi connectivity index (χ0v) is 10.4. The van der Waals surface area contributed by atoms with E-state index in [-0.39, 0.29) is 0 Å². The van der Waals surface area contributed by atoms with E-state index in [4.69, 9.17) is 11.6 Å². The van der Waals surface area contributed by atoms with Gasteiger partial charge in [-0.05, 0) is 30.7 Å². The van der Waals surface area contributed by atoms with E-state index in [1.807, 2.05) is 25.1 Å². The molecule has 2 rings (SSSR count). The maximum Gasteiger partial charge on any atom is 0.224 e. The van der Waals surface area contributed by atoms with Crippen LogP contribution in [0.4, 0.5) is 17.5 Å². The van der Waals surface area contributed by atoms with Gasteiger partial charge in [-0.15, -0.1) is 0 Å². The highest BCUT2D eigenvalue weighted by atomic mass is 35.5. The van der Waals surface area contributed by atoms with Gasteiger partial charge in [0.2, 0.25) is 5.95 Å². The van der Waals surface area contributed by atoms with Crippen molar-refractivity contribution in [1.82, 2.24) is 9.97 Å². The number of hydrogen-bond acceptors (Lipinski definition) is 4. The van der Waals surface area contributed by atoms with Crippen LogP contribution in [0, 0.1) is 6.92 Å². The first-order chi connectivity index (χ1) is 8.19. The molecule has 0 saturated carbocycles. The molecule has 2 aromatic rings. The number of halogens is 1. The van der Waals surface area contributed by atoms with Crippen LogP contribution in [0.1, 0.15) is 5.56 Å². The minimum Gasteiger partial charge on any atom is -0.357 e. The molecule has 0 atom stereocenters. The van der Waals surface area contributed by atoms with E-state index in [0.29, 0.717) is 16.8 Å². The summed E-state index contributed by atoms with van der Waals surface area (Å²) in [6, 6.07) is 7.59. The van der Waals surface area contributed by atoms with Crippen molar-refractivity contribution in [3.05, 3.63) is 41.0 Å². The van der Waals surface area contributed by atoms with Gasteiger partial charge in [0.25, 0.3) is 0 Å². The molecule has 88 valence electrons. The Morgan fingerprint density at radius 3 is 2.82 bits per heavy atom. The predicted octanol–water partition coefficient (Wildman–Crippen LogP) is 3.22. The second-order valence-electron chi connectivity index (χ2n) is 3.62. The van der Waals surface area contributed by atoms with Gasteiger partial charge in [0.1, 0.15) is 5.82 Å². The van der Waals surface area contributed by atoms with Crippen molar-refractivity contribution < 1.29 is 0 Å². The van der Waals surface area contributed by atoms with E-state index in [1.54, 1.807) is 19.3 Å². The molecule has 0 amide bonds. The molecule has 0 aliphatic carbocycles. The standard InChI is InChI=1S/C12H13ClN4/c1-8-3-4-9(13)10(7-8)16-11-5-6-15-12(14-2)17-11/h3-7H,1-2H3,(H2,14,15,16,17). The molecular weight excluding hydrogens is 236 g/mol. The summed E-state index contributed by atoms with van der Waals surface area (Å²) >= 11 is 6.10. The summed E-state index contributed by atoms with van der Waals surface area (Å²) in [7, 11) is 1.78. The van der Waals surface area contributed by atoms with Gasteiger partial charge in [-0.2, -0.15) is 4.98 Å². The molecule has 2 N–H and O–H groups in total. The van der Waals surface area contributed by atoms with E-state index in [0.717, 1.165) is 11.3 Å². The summed E-state index contributed by atoms with van der Waals surface area (Å²) < 4.78 is 0. The molecular formula is C12H13ClN4. The molecule has 0 aliphatic heterocycles. The number of hydrogen-bond donors (Lipinski definition) is 2. The fraction of sp³-hybridized carbons (Fsp3) is 0.167. The highest BCUT2D eigenvalue weighted by molar-refractivity contribution is 6.33. The second kappa shape index (κ2) is 5.01. The van der Waals surface area contributed by atoms with Crippen molar-refractivity contribution >= 4 is 29.1 Å². The Labute approximate surface area is 105 Å². The molecule has 0 bridgehead atoms. The molecule has 0 spiro atoms.